The van der Waals surface area contributed by atoms with Crippen molar-refractivity contribution in [2.45, 2.75) is 19.4 Å². The summed E-state index contributed by atoms with van der Waals surface area (Å²) in [4.78, 5) is 24.0. The molecule has 2 amide bonds. The zero-order chi connectivity index (χ0) is 12.8. The molecule has 0 aromatic carbocycles. The van der Waals surface area contributed by atoms with Crippen molar-refractivity contribution in [1.82, 2.24) is 10.2 Å². The molecule has 6 nitrogen and oxygen atoms in total. The Kier molecular flexibility index (Phi) is 4.96. The molecule has 0 radical (unpaired) electrons. The standard InChI is InChI=1S/C11H18N2O4/c1-8-3-5-13(6-4-8)11(16)12-7-9(17-2)10(14)15/h3,9H,4-7H2,1-2H3,(H,12,16)(H,14,15). The summed E-state index contributed by atoms with van der Waals surface area (Å²) in [6.07, 6.45) is 1.86. The summed E-state index contributed by atoms with van der Waals surface area (Å²) in [5.74, 6) is -1.08. The van der Waals surface area contributed by atoms with Gasteiger partial charge >= 0.3 is 12.0 Å². The van der Waals surface area contributed by atoms with Crippen LogP contribution in [0.25, 0.3) is 0 Å². The number of methoxy groups -OCH3 is 1. The van der Waals surface area contributed by atoms with Gasteiger partial charge in [0, 0.05) is 20.2 Å². The molecule has 2 N–H and O–H groups in total. The molecule has 1 aliphatic rings. The molecular weight excluding hydrogens is 224 g/mol. The average molecular weight is 242 g/mol. The topological polar surface area (TPSA) is 78.9 Å². The van der Waals surface area contributed by atoms with E-state index in [4.69, 9.17) is 9.84 Å². The van der Waals surface area contributed by atoms with Gasteiger partial charge in [-0.05, 0) is 13.3 Å². The van der Waals surface area contributed by atoms with E-state index in [1.165, 1.54) is 12.7 Å². The van der Waals surface area contributed by atoms with Crippen molar-refractivity contribution < 1.29 is 19.4 Å². The van der Waals surface area contributed by atoms with Gasteiger partial charge < -0.3 is 20.1 Å². The lowest BCUT2D eigenvalue weighted by Gasteiger charge is -2.26. The van der Waals surface area contributed by atoms with E-state index in [9.17, 15) is 9.59 Å². The molecule has 6 heteroatoms. The fourth-order valence-corrected chi connectivity index (χ4v) is 1.52. The maximum absolute atomic E-state index is 11.7. The van der Waals surface area contributed by atoms with Crippen molar-refractivity contribution in [3.8, 4) is 0 Å². The molecule has 1 heterocycles. The molecule has 0 bridgehead atoms. The number of carboxylic acid groups (broad SMARTS) is 1. The van der Waals surface area contributed by atoms with Crippen molar-refractivity contribution in [3.05, 3.63) is 11.6 Å². The third-order valence-corrected chi connectivity index (χ3v) is 2.72. The van der Waals surface area contributed by atoms with Crippen molar-refractivity contribution in [3.63, 3.8) is 0 Å². The lowest BCUT2D eigenvalue weighted by molar-refractivity contribution is -0.148. The molecule has 0 aromatic heterocycles. The SMILES string of the molecule is COC(CNC(=O)N1CC=C(C)CC1)C(=O)O. The van der Waals surface area contributed by atoms with Gasteiger partial charge in [0.25, 0.3) is 0 Å². The van der Waals surface area contributed by atoms with Crippen LogP contribution in [0, 0.1) is 0 Å². The number of carboxylic acids is 1. The van der Waals surface area contributed by atoms with E-state index in [1.54, 1.807) is 4.90 Å². The quantitative estimate of drug-likeness (QED) is 0.701. The largest absolute Gasteiger partial charge is 0.479 e. The molecule has 0 saturated carbocycles. The first-order valence-electron chi connectivity index (χ1n) is 5.48. The lowest BCUT2D eigenvalue weighted by Crippen LogP contribution is -2.46. The van der Waals surface area contributed by atoms with Gasteiger partial charge in [0.2, 0.25) is 0 Å². The number of nitrogens with zero attached hydrogens (tertiary/aromatic N) is 1. The van der Waals surface area contributed by atoms with Gasteiger partial charge in [-0.15, -0.1) is 0 Å². The van der Waals surface area contributed by atoms with Gasteiger partial charge in [0.1, 0.15) is 0 Å². The fraction of sp³-hybridized carbons (Fsp3) is 0.636. The van der Waals surface area contributed by atoms with E-state index in [0.717, 1.165) is 6.42 Å². The predicted octanol–water partition coefficient (Wildman–Crippen LogP) is 0.448. The molecule has 1 atom stereocenters. The van der Waals surface area contributed by atoms with Gasteiger partial charge in [0.15, 0.2) is 6.10 Å². The second-order valence-corrected chi connectivity index (χ2v) is 4.00. The van der Waals surface area contributed by atoms with E-state index >= 15 is 0 Å². The van der Waals surface area contributed by atoms with Crippen LogP contribution in [0.15, 0.2) is 11.6 Å². The van der Waals surface area contributed by atoms with Crippen LogP contribution in [0.5, 0.6) is 0 Å². The summed E-state index contributed by atoms with van der Waals surface area (Å²) in [6.45, 7) is 3.24. The zero-order valence-corrected chi connectivity index (χ0v) is 10.1. The van der Waals surface area contributed by atoms with Crippen LogP contribution in [0.1, 0.15) is 13.3 Å². The molecule has 0 spiro atoms. The van der Waals surface area contributed by atoms with Crippen LogP contribution in [0.2, 0.25) is 0 Å². The van der Waals surface area contributed by atoms with Crippen LogP contribution < -0.4 is 5.32 Å². The Morgan fingerprint density at radius 2 is 2.35 bits per heavy atom. The van der Waals surface area contributed by atoms with E-state index in [0.29, 0.717) is 13.1 Å². The number of carbonyl (C=O) groups is 2. The number of ether oxygens (including phenoxy) is 1. The molecule has 96 valence electrons. The maximum atomic E-state index is 11.7. The predicted molar refractivity (Wildman–Crippen MR) is 61.8 cm³/mol. The molecular formula is C11H18N2O4. The first-order chi connectivity index (χ1) is 8.04. The summed E-state index contributed by atoms with van der Waals surface area (Å²) in [7, 11) is 1.30. The van der Waals surface area contributed by atoms with Crippen molar-refractivity contribution in [2.24, 2.45) is 0 Å². The molecule has 1 rings (SSSR count). The Hall–Kier alpha value is -1.56. The van der Waals surface area contributed by atoms with Crippen molar-refractivity contribution >= 4 is 12.0 Å². The number of carbonyl (C=O) groups excluding carboxylic acids is 1. The highest BCUT2D eigenvalue weighted by Gasteiger charge is 2.20. The number of aliphatic carboxylic acids is 1. The Bertz CT molecular complexity index is 327. The average Bonchev–Trinajstić information content (AvgIpc) is 2.30. The number of rotatable bonds is 4. The smallest absolute Gasteiger partial charge is 0.334 e. The van der Waals surface area contributed by atoms with E-state index < -0.39 is 12.1 Å². The summed E-state index contributed by atoms with van der Waals surface area (Å²) < 4.78 is 4.72. The van der Waals surface area contributed by atoms with Gasteiger partial charge in [-0.25, -0.2) is 9.59 Å². The minimum absolute atomic E-state index is 0.0239. The Labute approximate surface area is 100 Å². The lowest BCUT2D eigenvalue weighted by atomic mass is 10.1. The molecule has 0 saturated heterocycles. The van der Waals surface area contributed by atoms with Gasteiger partial charge in [-0.3, -0.25) is 0 Å². The molecule has 1 aliphatic heterocycles. The maximum Gasteiger partial charge on any atom is 0.334 e. The first kappa shape index (κ1) is 13.5. The van der Waals surface area contributed by atoms with E-state index in [2.05, 4.69) is 5.32 Å². The second kappa shape index (κ2) is 6.24. The Morgan fingerprint density at radius 3 is 2.82 bits per heavy atom. The van der Waals surface area contributed by atoms with Gasteiger partial charge in [-0.2, -0.15) is 0 Å². The third-order valence-electron chi connectivity index (χ3n) is 2.72. The van der Waals surface area contributed by atoms with Crippen LogP contribution >= 0.6 is 0 Å². The Morgan fingerprint density at radius 1 is 1.65 bits per heavy atom. The number of urea groups is 1. The van der Waals surface area contributed by atoms with Gasteiger partial charge in [-0.1, -0.05) is 11.6 Å². The molecule has 0 aromatic rings. The molecule has 0 aliphatic carbocycles. The highest BCUT2D eigenvalue weighted by Crippen LogP contribution is 2.09. The monoisotopic (exact) mass is 242 g/mol. The second-order valence-electron chi connectivity index (χ2n) is 4.00. The zero-order valence-electron chi connectivity index (χ0n) is 10.1. The Balaban J connectivity index is 2.37. The van der Waals surface area contributed by atoms with Crippen LogP contribution in [0.3, 0.4) is 0 Å². The summed E-state index contributed by atoms with van der Waals surface area (Å²) in [6, 6.07) is -0.253. The molecule has 1 unspecified atom stereocenters. The van der Waals surface area contributed by atoms with Crippen molar-refractivity contribution in [2.75, 3.05) is 26.7 Å². The van der Waals surface area contributed by atoms with Crippen LogP contribution in [0.4, 0.5) is 4.79 Å². The van der Waals surface area contributed by atoms with Crippen LogP contribution in [-0.2, 0) is 9.53 Å². The summed E-state index contributed by atoms with van der Waals surface area (Å²) >= 11 is 0. The fourth-order valence-electron chi connectivity index (χ4n) is 1.52. The van der Waals surface area contributed by atoms with Crippen molar-refractivity contribution in [1.29, 1.82) is 0 Å². The number of amides is 2. The third kappa shape index (κ3) is 4.07. The minimum Gasteiger partial charge on any atom is -0.479 e. The van der Waals surface area contributed by atoms with Crippen LogP contribution in [-0.4, -0.2) is 54.9 Å². The number of nitrogens with one attached hydrogen (secondary N) is 1. The summed E-state index contributed by atoms with van der Waals surface area (Å²) in [5, 5.41) is 11.3. The van der Waals surface area contributed by atoms with E-state index in [1.807, 2.05) is 13.0 Å². The normalized spacial score (nSPS) is 17.3. The van der Waals surface area contributed by atoms with Gasteiger partial charge in [0.05, 0.1) is 6.54 Å². The first-order valence-corrected chi connectivity index (χ1v) is 5.48. The number of hydrogen-bond donors (Lipinski definition) is 2. The molecule has 0 fully saturated rings. The molecule has 17 heavy (non-hydrogen) atoms. The van der Waals surface area contributed by atoms with E-state index in [-0.39, 0.29) is 12.6 Å². The minimum atomic E-state index is -1.08. The highest BCUT2D eigenvalue weighted by molar-refractivity contribution is 5.77. The number of hydrogen-bond acceptors (Lipinski definition) is 3. The summed E-state index contributed by atoms with van der Waals surface area (Å²) in [5.41, 5.74) is 1.27. The highest BCUT2D eigenvalue weighted by atomic mass is 16.5.